The van der Waals surface area contributed by atoms with E-state index >= 15 is 0 Å². The largest absolute Gasteiger partial charge is 0.489 e. The van der Waals surface area contributed by atoms with Crippen LogP contribution in [0, 0.1) is 5.82 Å². The second-order valence-electron chi connectivity index (χ2n) is 4.95. The van der Waals surface area contributed by atoms with E-state index in [-0.39, 0.29) is 5.82 Å². The molecule has 0 spiro atoms. The maximum atomic E-state index is 13.9. The zero-order valence-corrected chi connectivity index (χ0v) is 11.8. The van der Waals surface area contributed by atoms with Crippen LogP contribution in [0.15, 0.2) is 36.9 Å². The fourth-order valence-electron chi connectivity index (χ4n) is 1.77. The van der Waals surface area contributed by atoms with E-state index in [0.717, 1.165) is 5.56 Å². The number of nitrogens with zero attached hydrogens (tertiary/aromatic N) is 2. The molecule has 0 amide bonds. The molecule has 1 heterocycles. The van der Waals surface area contributed by atoms with Gasteiger partial charge < -0.3 is 14.6 Å². The van der Waals surface area contributed by atoms with Gasteiger partial charge in [0.15, 0.2) is 11.6 Å². The van der Waals surface area contributed by atoms with Crippen LogP contribution in [0.1, 0.15) is 19.4 Å². The number of ether oxygens (including phenoxy) is 1. The molecule has 108 valence electrons. The first-order valence-corrected chi connectivity index (χ1v) is 6.75. The molecule has 0 aliphatic carbocycles. The summed E-state index contributed by atoms with van der Waals surface area (Å²) in [6.07, 6.45) is 5.26. The van der Waals surface area contributed by atoms with Gasteiger partial charge in [0.05, 0.1) is 12.9 Å². The van der Waals surface area contributed by atoms with Gasteiger partial charge in [0.25, 0.3) is 0 Å². The molecule has 2 rings (SSSR count). The Labute approximate surface area is 118 Å². The second kappa shape index (κ2) is 7.05. The summed E-state index contributed by atoms with van der Waals surface area (Å²) in [7, 11) is 0. The predicted molar refractivity (Wildman–Crippen MR) is 76.1 cm³/mol. The molecule has 0 saturated heterocycles. The van der Waals surface area contributed by atoms with Crippen molar-refractivity contribution in [3.63, 3.8) is 0 Å². The van der Waals surface area contributed by atoms with Crippen LogP contribution in [-0.2, 0) is 13.1 Å². The number of benzene rings is 1. The molecule has 0 aliphatic heterocycles. The predicted octanol–water partition coefficient (Wildman–Crippen LogP) is 2.60. The summed E-state index contributed by atoms with van der Waals surface area (Å²) in [6, 6.07) is 5.46. The van der Waals surface area contributed by atoms with Crippen LogP contribution >= 0.6 is 0 Å². The molecule has 1 aromatic heterocycles. The number of rotatable bonds is 7. The van der Waals surface area contributed by atoms with E-state index in [0.29, 0.717) is 31.5 Å². The molecule has 1 aromatic carbocycles. The smallest absolute Gasteiger partial charge is 0.165 e. The van der Waals surface area contributed by atoms with Crippen LogP contribution in [0.2, 0.25) is 0 Å². The SMILES string of the molecule is CC(C)NCc1ccc(OCCn2ccnc2)c(F)c1. The lowest BCUT2D eigenvalue weighted by molar-refractivity contribution is 0.284. The third kappa shape index (κ3) is 4.35. The second-order valence-corrected chi connectivity index (χ2v) is 4.95. The highest BCUT2D eigenvalue weighted by Gasteiger charge is 2.05. The van der Waals surface area contributed by atoms with Crippen LogP contribution in [0.25, 0.3) is 0 Å². The molecular formula is C15H20FN3O. The third-order valence-corrected chi connectivity index (χ3v) is 2.88. The molecule has 0 aliphatic rings. The van der Waals surface area contributed by atoms with Crippen molar-refractivity contribution < 1.29 is 9.13 Å². The Balaban J connectivity index is 1.85. The Morgan fingerprint density at radius 3 is 2.90 bits per heavy atom. The summed E-state index contributed by atoms with van der Waals surface area (Å²) in [6.45, 7) is 5.84. The first-order valence-electron chi connectivity index (χ1n) is 6.75. The van der Waals surface area contributed by atoms with E-state index < -0.39 is 0 Å². The van der Waals surface area contributed by atoms with Gasteiger partial charge >= 0.3 is 0 Å². The van der Waals surface area contributed by atoms with Gasteiger partial charge in [0, 0.05) is 25.0 Å². The molecule has 1 N–H and O–H groups in total. The molecule has 0 fully saturated rings. The highest BCUT2D eigenvalue weighted by molar-refractivity contribution is 5.29. The summed E-state index contributed by atoms with van der Waals surface area (Å²) in [5.74, 6) is -0.0305. The Hall–Kier alpha value is -1.88. The van der Waals surface area contributed by atoms with Crippen molar-refractivity contribution in [2.45, 2.75) is 33.0 Å². The number of halogens is 1. The Kier molecular flexibility index (Phi) is 5.12. The Morgan fingerprint density at radius 1 is 1.40 bits per heavy atom. The van der Waals surface area contributed by atoms with Crippen molar-refractivity contribution in [1.82, 2.24) is 14.9 Å². The highest BCUT2D eigenvalue weighted by Crippen LogP contribution is 2.18. The maximum Gasteiger partial charge on any atom is 0.165 e. The molecule has 2 aromatic rings. The Morgan fingerprint density at radius 2 is 2.25 bits per heavy atom. The van der Waals surface area contributed by atoms with Gasteiger partial charge in [0.1, 0.15) is 6.61 Å². The summed E-state index contributed by atoms with van der Waals surface area (Å²) in [5.41, 5.74) is 0.915. The molecule has 0 bridgehead atoms. The normalized spacial score (nSPS) is 11.0. The van der Waals surface area contributed by atoms with Crippen molar-refractivity contribution in [3.8, 4) is 5.75 Å². The minimum Gasteiger partial charge on any atom is -0.489 e. The van der Waals surface area contributed by atoms with Gasteiger partial charge in [-0.15, -0.1) is 0 Å². The van der Waals surface area contributed by atoms with Crippen LogP contribution in [-0.4, -0.2) is 22.2 Å². The monoisotopic (exact) mass is 277 g/mol. The minimum atomic E-state index is -0.321. The van der Waals surface area contributed by atoms with Gasteiger partial charge in [-0.2, -0.15) is 0 Å². The van der Waals surface area contributed by atoms with Crippen molar-refractivity contribution >= 4 is 0 Å². The maximum absolute atomic E-state index is 13.9. The molecule has 5 heteroatoms. The molecule has 4 nitrogen and oxygen atoms in total. The fourth-order valence-corrected chi connectivity index (χ4v) is 1.77. The molecular weight excluding hydrogens is 257 g/mol. The Bertz CT molecular complexity index is 526. The van der Waals surface area contributed by atoms with E-state index in [2.05, 4.69) is 24.1 Å². The first kappa shape index (κ1) is 14.5. The average molecular weight is 277 g/mol. The van der Waals surface area contributed by atoms with Crippen LogP contribution < -0.4 is 10.1 Å². The number of nitrogens with one attached hydrogen (secondary N) is 1. The van der Waals surface area contributed by atoms with E-state index in [1.807, 2.05) is 16.8 Å². The molecule has 0 radical (unpaired) electrons. The van der Waals surface area contributed by atoms with Crippen LogP contribution in [0.4, 0.5) is 4.39 Å². The zero-order chi connectivity index (χ0) is 14.4. The first-order chi connectivity index (χ1) is 9.65. The van der Waals surface area contributed by atoms with E-state index in [1.54, 1.807) is 18.6 Å². The van der Waals surface area contributed by atoms with Crippen molar-refractivity contribution in [1.29, 1.82) is 0 Å². The highest BCUT2D eigenvalue weighted by atomic mass is 19.1. The topological polar surface area (TPSA) is 39.1 Å². The van der Waals surface area contributed by atoms with Gasteiger partial charge in [-0.1, -0.05) is 19.9 Å². The summed E-state index contributed by atoms with van der Waals surface area (Å²) < 4.78 is 21.2. The number of imidazole rings is 1. The lowest BCUT2D eigenvalue weighted by atomic mass is 10.2. The quantitative estimate of drug-likeness (QED) is 0.845. The summed E-state index contributed by atoms with van der Waals surface area (Å²) >= 11 is 0. The summed E-state index contributed by atoms with van der Waals surface area (Å²) in [4.78, 5) is 3.94. The van der Waals surface area contributed by atoms with Gasteiger partial charge in [-0.3, -0.25) is 0 Å². The molecule has 0 saturated carbocycles. The van der Waals surface area contributed by atoms with Gasteiger partial charge in [0.2, 0.25) is 0 Å². The number of hydrogen-bond acceptors (Lipinski definition) is 3. The summed E-state index contributed by atoms with van der Waals surface area (Å²) in [5, 5.41) is 3.25. The average Bonchev–Trinajstić information content (AvgIpc) is 2.92. The van der Waals surface area contributed by atoms with Crippen molar-refractivity contribution in [2.75, 3.05) is 6.61 Å². The lowest BCUT2D eigenvalue weighted by Crippen LogP contribution is -2.21. The minimum absolute atomic E-state index is 0.290. The zero-order valence-electron chi connectivity index (χ0n) is 11.8. The third-order valence-electron chi connectivity index (χ3n) is 2.88. The van der Waals surface area contributed by atoms with Gasteiger partial charge in [-0.05, 0) is 17.7 Å². The molecule has 20 heavy (non-hydrogen) atoms. The number of hydrogen-bond donors (Lipinski definition) is 1. The fraction of sp³-hybridized carbons (Fsp3) is 0.400. The van der Waals surface area contributed by atoms with Crippen molar-refractivity contribution in [2.24, 2.45) is 0 Å². The van der Waals surface area contributed by atoms with Crippen LogP contribution in [0.5, 0.6) is 5.75 Å². The standard InChI is InChI=1S/C15H20FN3O/c1-12(2)18-10-13-3-4-15(14(16)9-13)20-8-7-19-6-5-17-11-19/h3-6,9,11-12,18H,7-8,10H2,1-2H3. The number of aromatic nitrogens is 2. The van der Waals surface area contributed by atoms with E-state index in [1.165, 1.54) is 6.07 Å². The molecule has 0 atom stereocenters. The van der Waals surface area contributed by atoms with E-state index in [9.17, 15) is 4.39 Å². The van der Waals surface area contributed by atoms with E-state index in [4.69, 9.17) is 4.74 Å². The van der Waals surface area contributed by atoms with Gasteiger partial charge in [-0.25, -0.2) is 9.37 Å². The van der Waals surface area contributed by atoms with Crippen molar-refractivity contribution in [3.05, 3.63) is 48.3 Å². The lowest BCUT2D eigenvalue weighted by Gasteiger charge is -2.11. The van der Waals surface area contributed by atoms with Crippen LogP contribution in [0.3, 0.4) is 0 Å². The molecule has 0 unspecified atom stereocenters.